The topological polar surface area (TPSA) is 42.6 Å². The third-order valence-electron chi connectivity index (χ3n) is 24.4. The van der Waals surface area contributed by atoms with Gasteiger partial charge in [0.15, 0.2) is 0 Å². The van der Waals surface area contributed by atoms with Crippen LogP contribution in [0, 0.1) is 0 Å². The van der Waals surface area contributed by atoms with Crippen molar-refractivity contribution in [3.63, 3.8) is 0 Å². The second-order valence-electron chi connectivity index (χ2n) is 31.5. The van der Waals surface area contributed by atoms with E-state index in [-0.39, 0.29) is 0 Å². The molecule has 0 aliphatic rings. The van der Waals surface area contributed by atoms with Crippen LogP contribution in [0.15, 0.2) is 470 Å². The number of para-hydroxylation sites is 6. The molecule has 4 heterocycles. The van der Waals surface area contributed by atoms with Gasteiger partial charge >= 0.3 is 0 Å². The van der Waals surface area contributed by atoms with Crippen LogP contribution in [0.1, 0.15) is 0 Å². The van der Waals surface area contributed by atoms with Crippen molar-refractivity contribution in [2.75, 3.05) is 9.80 Å². The highest BCUT2D eigenvalue weighted by Gasteiger charge is 2.21. The number of hydrogen-bond donors (Lipinski definition) is 0. The van der Waals surface area contributed by atoms with Crippen molar-refractivity contribution in [3.05, 3.63) is 461 Å². The van der Waals surface area contributed by atoms with Gasteiger partial charge in [0.25, 0.3) is 0 Å². The number of aromatic nitrogens is 2. The van der Waals surface area contributed by atoms with E-state index in [0.29, 0.717) is 0 Å². The lowest BCUT2D eigenvalue weighted by molar-refractivity contribution is 0.668. The van der Waals surface area contributed by atoms with Crippen LogP contribution in [-0.2, 0) is 0 Å². The van der Waals surface area contributed by atoms with Gasteiger partial charge < -0.3 is 27.8 Å². The summed E-state index contributed by atoms with van der Waals surface area (Å²) < 4.78 is 17.0. The fourth-order valence-corrected chi connectivity index (χ4v) is 18.4. The molecule has 6 nitrogen and oxygen atoms in total. The molecule has 0 saturated carbocycles. The van der Waals surface area contributed by atoms with Gasteiger partial charge in [-0.05, 0) is 252 Å². The van der Waals surface area contributed by atoms with Crippen LogP contribution in [-0.4, -0.2) is 9.13 Å². The highest BCUT2D eigenvalue weighted by molar-refractivity contribution is 6.12. The molecule has 0 saturated heterocycles. The first kappa shape index (κ1) is 71.1. The van der Waals surface area contributed by atoms with E-state index in [1.165, 1.54) is 110 Å². The lowest BCUT2D eigenvalue weighted by atomic mass is 9.98. The Balaban J connectivity index is 0.000000142. The first-order valence-electron chi connectivity index (χ1n) is 41.6. The monoisotopic (exact) mass is 1560 g/mol. The van der Waals surface area contributed by atoms with Crippen molar-refractivity contribution < 1.29 is 8.83 Å². The largest absolute Gasteiger partial charge is 0.456 e. The molecule has 0 bridgehead atoms. The average molecular weight is 1560 g/mol. The lowest BCUT2D eigenvalue weighted by Crippen LogP contribution is -2.09. The van der Waals surface area contributed by atoms with Gasteiger partial charge in [-0.3, -0.25) is 0 Å². The van der Waals surface area contributed by atoms with E-state index < -0.39 is 0 Å². The second kappa shape index (κ2) is 30.0. The SMILES string of the molecule is c1ccc2c(-c3ccc(N(c4ccc(-c5ccc(-n6c7ccccc7c7ccccc76)cc5)cc4)c4ccc(-c5ccc6oc7ccccc7c6c5)cc4)cc3)cccc2c1.c1ccc2cc(-c3ccc(N(c4ccc(-c5ccc(-n6c7ccccc7c7ccccc76)cc5)cc4)c4ccc(-c5ccc6oc7ccccc7c6c5)cc4)cc3)ccc2c1. The molecule has 4 aromatic heterocycles. The Morgan fingerprint density at radius 2 is 0.418 bits per heavy atom. The third kappa shape index (κ3) is 12.8. The molecule has 0 unspecified atom stereocenters. The molecule has 0 fully saturated rings. The standard InChI is InChI=1S/2C58H38N2O/c1-2-12-49-42(10-1)11-9-16-50(49)43-26-35-47(36-27-43)59(46-31-24-41(25-32-46)44-28-37-58-54(38-44)53-15-5-8-19-57(53)61-58)45-29-20-39(21-30-45)40-22-33-48(34-23-40)60-55-17-6-3-13-51(55)52-14-4-7-18-56(52)60;1-2-10-44-37-45(18-17-39(44)9-1)42-23-30-48(31-24-42)59(49-32-25-43(26-33-49)46-27-36-58-54(38-46)53-13-5-8-16-57(53)61-58)47-28-19-40(20-29-47)41-21-34-50(35-22-41)60-55-14-6-3-11-51(55)52-12-4-7-15-56(52)60/h2*1-38H. The van der Waals surface area contributed by atoms with Gasteiger partial charge in [-0.25, -0.2) is 0 Å². The van der Waals surface area contributed by atoms with Gasteiger partial charge in [-0.15, -0.1) is 0 Å². The van der Waals surface area contributed by atoms with Crippen LogP contribution in [0.3, 0.4) is 0 Å². The Bertz CT molecular complexity index is 7960. The van der Waals surface area contributed by atoms with Crippen molar-refractivity contribution in [2.45, 2.75) is 0 Å². The maximum absolute atomic E-state index is 6.13. The van der Waals surface area contributed by atoms with E-state index in [1.807, 2.05) is 24.3 Å². The molecule has 20 aromatic carbocycles. The Labute approximate surface area is 705 Å². The Hall–Kier alpha value is -16.3. The molecule has 0 radical (unpaired) electrons. The minimum atomic E-state index is 0.905. The van der Waals surface area contributed by atoms with E-state index in [9.17, 15) is 0 Å². The summed E-state index contributed by atoms with van der Waals surface area (Å²) >= 11 is 0. The summed E-state index contributed by atoms with van der Waals surface area (Å²) in [5.74, 6) is 0. The fraction of sp³-hybridized carbons (Fsp3) is 0. The molecule has 0 N–H and O–H groups in total. The predicted octanol–water partition coefficient (Wildman–Crippen LogP) is 32.6. The quantitative estimate of drug-likeness (QED) is 0.109. The zero-order valence-corrected chi connectivity index (χ0v) is 66.5. The van der Waals surface area contributed by atoms with E-state index in [2.05, 4.69) is 456 Å². The van der Waals surface area contributed by atoms with Crippen LogP contribution >= 0.6 is 0 Å². The van der Waals surface area contributed by atoms with E-state index in [1.54, 1.807) is 0 Å². The van der Waals surface area contributed by atoms with Crippen molar-refractivity contribution in [1.29, 1.82) is 0 Å². The first-order chi connectivity index (χ1) is 60.4. The van der Waals surface area contributed by atoms with Gasteiger partial charge in [-0.2, -0.15) is 0 Å². The van der Waals surface area contributed by atoms with Crippen molar-refractivity contribution in [2.24, 2.45) is 0 Å². The highest BCUT2D eigenvalue weighted by atomic mass is 16.3. The zero-order valence-electron chi connectivity index (χ0n) is 66.5. The van der Waals surface area contributed by atoms with Gasteiger partial charge in [-0.1, -0.05) is 297 Å². The summed E-state index contributed by atoms with van der Waals surface area (Å²) in [7, 11) is 0. The molecule has 122 heavy (non-hydrogen) atoms. The smallest absolute Gasteiger partial charge is 0.135 e. The van der Waals surface area contributed by atoms with Crippen molar-refractivity contribution >= 4 is 143 Å². The fourth-order valence-electron chi connectivity index (χ4n) is 18.4. The summed E-state index contributed by atoms with van der Waals surface area (Å²) in [5, 5.41) is 14.6. The maximum Gasteiger partial charge on any atom is 0.135 e. The van der Waals surface area contributed by atoms with Gasteiger partial charge in [0.2, 0.25) is 0 Å². The molecule has 0 aliphatic heterocycles. The number of nitrogens with zero attached hydrogens (tertiary/aromatic N) is 4. The minimum Gasteiger partial charge on any atom is -0.456 e. The molecule has 0 amide bonds. The Morgan fingerprint density at radius 1 is 0.156 bits per heavy atom. The summed E-state index contributed by atoms with van der Waals surface area (Å²) in [6, 6.07) is 166. The number of benzene rings is 20. The predicted molar refractivity (Wildman–Crippen MR) is 513 cm³/mol. The lowest BCUT2D eigenvalue weighted by Gasteiger charge is -2.26. The van der Waals surface area contributed by atoms with E-state index in [0.717, 1.165) is 112 Å². The van der Waals surface area contributed by atoms with Crippen molar-refractivity contribution in [1.82, 2.24) is 9.13 Å². The second-order valence-corrected chi connectivity index (χ2v) is 31.5. The van der Waals surface area contributed by atoms with Gasteiger partial charge in [0.05, 0.1) is 22.1 Å². The number of furan rings is 2. The first-order valence-corrected chi connectivity index (χ1v) is 41.6. The average Bonchev–Trinajstić information content (AvgIpc) is 1.58. The van der Waals surface area contributed by atoms with Crippen molar-refractivity contribution in [3.8, 4) is 78.1 Å². The summed E-state index contributed by atoms with van der Waals surface area (Å²) in [6.45, 7) is 0. The van der Waals surface area contributed by atoms with Gasteiger partial charge in [0.1, 0.15) is 22.3 Å². The van der Waals surface area contributed by atoms with Crippen LogP contribution in [0.25, 0.3) is 187 Å². The van der Waals surface area contributed by atoms with Crippen LogP contribution in [0.4, 0.5) is 34.1 Å². The summed E-state index contributed by atoms with van der Waals surface area (Å²) in [4.78, 5) is 4.69. The third-order valence-corrected chi connectivity index (χ3v) is 24.4. The molecule has 24 rings (SSSR count). The van der Waals surface area contributed by atoms with Crippen LogP contribution in [0.5, 0.6) is 0 Å². The normalized spacial score (nSPS) is 11.6. The van der Waals surface area contributed by atoms with E-state index in [4.69, 9.17) is 8.83 Å². The molecular weight excluding hydrogens is 1480 g/mol. The molecule has 0 spiro atoms. The number of fused-ring (bicyclic) bond motifs is 14. The number of hydrogen-bond acceptors (Lipinski definition) is 4. The van der Waals surface area contributed by atoms with Gasteiger partial charge in [0, 0.05) is 88.6 Å². The van der Waals surface area contributed by atoms with Crippen LogP contribution in [0.2, 0.25) is 0 Å². The molecule has 0 aliphatic carbocycles. The highest BCUT2D eigenvalue weighted by Crippen LogP contribution is 2.45. The Morgan fingerprint density at radius 3 is 0.803 bits per heavy atom. The van der Waals surface area contributed by atoms with E-state index >= 15 is 0 Å². The summed E-state index contributed by atoms with van der Waals surface area (Å²) in [6.07, 6.45) is 0. The number of anilines is 6. The minimum absolute atomic E-state index is 0.905. The summed E-state index contributed by atoms with van der Waals surface area (Å²) in [5.41, 5.74) is 31.4. The van der Waals surface area contributed by atoms with Crippen LogP contribution < -0.4 is 9.80 Å². The molecule has 572 valence electrons. The maximum atomic E-state index is 6.13. The molecule has 0 atom stereocenters. The zero-order chi connectivity index (χ0) is 80.6. The molecule has 6 heteroatoms. The molecular formula is C116H76N4O2. The number of rotatable bonds is 14. The molecule has 24 aromatic rings. The Kier molecular flexibility index (Phi) is 17.5.